The van der Waals surface area contributed by atoms with Gasteiger partial charge >= 0.3 is 0 Å². The number of halogens is 2. The molecule has 0 unspecified atom stereocenters. The van der Waals surface area contributed by atoms with Gasteiger partial charge in [-0.2, -0.15) is 0 Å². The summed E-state index contributed by atoms with van der Waals surface area (Å²) < 4.78 is 16.8. The van der Waals surface area contributed by atoms with Crippen LogP contribution in [0.1, 0.15) is 11.1 Å². The Kier molecular flexibility index (Phi) is 9.29. The molecule has 2 rings (SSSR count). The van der Waals surface area contributed by atoms with Crippen LogP contribution in [0.3, 0.4) is 0 Å². The van der Waals surface area contributed by atoms with Crippen molar-refractivity contribution >= 4 is 43.2 Å². The van der Waals surface area contributed by atoms with Gasteiger partial charge in [-0.3, -0.25) is 20.2 Å². The molecule has 0 amide bonds. The number of alkyl halides is 2. The van der Waals surface area contributed by atoms with E-state index in [4.69, 9.17) is 14.2 Å². The van der Waals surface area contributed by atoms with Crippen molar-refractivity contribution in [2.75, 3.05) is 23.9 Å². The molecule has 0 saturated carbocycles. The van der Waals surface area contributed by atoms with Gasteiger partial charge < -0.3 is 14.2 Å². The maximum absolute atomic E-state index is 11.0. The summed E-state index contributed by atoms with van der Waals surface area (Å²) in [6, 6.07) is 8.65. The first kappa shape index (κ1) is 23.0. The third-order valence-electron chi connectivity index (χ3n) is 3.71. The van der Waals surface area contributed by atoms with Crippen molar-refractivity contribution in [2.45, 2.75) is 13.2 Å². The Hall–Kier alpha value is -2.24. The topological polar surface area (TPSA) is 114 Å². The normalized spacial score (nSPS) is 10.6. The van der Waals surface area contributed by atoms with Crippen molar-refractivity contribution in [1.82, 2.24) is 0 Å². The molecule has 0 aromatic heterocycles. The zero-order chi connectivity index (χ0) is 21.2. The molecule has 156 valence electrons. The van der Waals surface area contributed by atoms with Gasteiger partial charge in [-0.25, -0.2) is 0 Å². The molecule has 0 radical (unpaired) electrons. The molecule has 0 fully saturated rings. The smallest absolute Gasteiger partial charge is 0.273 e. The van der Waals surface area contributed by atoms with E-state index in [1.54, 1.807) is 12.1 Å². The van der Waals surface area contributed by atoms with Crippen LogP contribution in [0.2, 0.25) is 0 Å². The predicted molar refractivity (Wildman–Crippen MR) is 113 cm³/mol. The Balaban J connectivity index is 2.12. The molecule has 0 aliphatic heterocycles. The monoisotopic (exact) mass is 532 g/mol. The second-order valence-corrected chi connectivity index (χ2v) is 7.25. The molecule has 0 aliphatic rings. The Morgan fingerprint density at radius 3 is 1.52 bits per heavy atom. The van der Waals surface area contributed by atoms with Crippen molar-refractivity contribution in [3.63, 3.8) is 0 Å². The summed E-state index contributed by atoms with van der Waals surface area (Å²) in [6.45, 7) is 0.983. The molecule has 0 spiro atoms. The van der Waals surface area contributed by atoms with Crippen LogP contribution in [0.15, 0.2) is 36.4 Å². The molecule has 11 heteroatoms. The second kappa shape index (κ2) is 11.7. The number of non-ortho nitro benzene ring substituents is 2. The van der Waals surface area contributed by atoms with E-state index in [0.29, 0.717) is 46.5 Å². The van der Waals surface area contributed by atoms with Gasteiger partial charge in [0.1, 0.15) is 11.5 Å². The quantitative estimate of drug-likeness (QED) is 0.219. The van der Waals surface area contributed by atoms with Crippen molar-refractivity contribution in [1.29, 1.82) is 0 Å². The number of nitro benzene ring substituents is 2. The van der Waals surface area contributed by atoms with Crippen molar-refractivity contribution < 1.29 is 24.1 Å². The number of nitro groups is 2. The van der Waals surface area contributed by atoms with Gasteiger partial charge in [0.25, 0.3) is 11.4 Å². The van der Waals surface area contributed by atoms with Crippen molar-refractivity contribution in [2.24, 2.45) is 0 Å². The highest BCUT2D eigenvalue weighted by atomic mass is 79.9. The predicted octanol–water partition coefficient (Wildman–Crippen LogP) is 4.77. The highest BCUT2D eigenvalue weighted by Gasteiger charge is 2.15. The number of hydrogen-bond donors (Lipinski definition) is 0. The van der Waals surface area contributed by atoms with Gasteiger partial charge in [0, 0.05) is 33.9 Å². The minimum absolute atomic E-state index is 0.0702. The van der Waals surface area contributed by atoms with E-state index >= 15 is 0 Å². The first-order chi connectivity index (χ1) is 14.0. The Labute approximate surface area is 183 Å². The maximum Gasteiger partial charge on any atom is 0.273 e. The molecular weight excluding hydrogens is 516 g/mol. The van der Waals surface area contributed by atoms with Crippen molar-refractivity contribution in [3.8, 4) is 11.5 Å². The lowest BCUT2D eigenvalue weighted by Gasteiger charge is -2.13. The third kappa shape index (κ3) is 6.94. The highest BCUT2D eigenvalue weighted by molar-refractivity contribution is 9.09. The number of nitrogens with zero attached hydrogens (tertiary/aromatic N) is 2. The largest absolute Gasteiger partial charge is 0.492 e. The summed E-state index contributed by atoms with van der Waals surface area (Å²) in [5, 5.41) is 23.1. The highest BCUT2D eigenvalue weighted by Crippen LogP contribution is 2.28. The number of benzene rings is 2. The molecule has 2 aromatic rings. The summed E-state index contributed by atoms with van der Waals surface area (Å²) in [4.78, 5) is 21.0. The van der Waals surface area contributed by atoms with Gasteiger partial charge in [-0.15, -0.1) is 0 Å². The lowest BCUT2D eigenvalue weighted by Crippen LogP contribution is -2.05. The molecule has 0 bridgehead atoms. The molecule has 0 aliphatic carbocycles. The zero-order valence-electron chi connectivity index (χ0n) is 15.2. The van der Waals surface area contributed by atoms with Gasteiger partial charge in [0.05, 0.1) is 48.4 Å². The first-order valence-electron chi connectivity index (χ1n) is 8.46. The molecule has 0 atom stereocenters. The van der Waals surface area contributed by atoms with Gasteiger partial charge in [0.2, 0.25) is 0 Å². The number of hydrogen-bond acceptors (Lipinski definition) is 7. The molecule has 29 heavy (non-hydrogen) atoms. The number of ether oxygens (including phenoxy) is 3. The fourth-order valence-electron chi connectivity index (χ4n) is 2.39. The fraction of sp³-hybridized carbons (Fsp3) is 0.333. The van der Waals surface area contributed by atoms with E-state index < -0.39 is 9.85 Å². The summed E-state index contributed by atoms with van der Waals surface area (Å²) in [5.41, 5.74) is 1.17. The summed E-state index contributed by atoms with van der Waals surface area (Å²) >= 11 is 6.50. The molecule has 2 aromatic carbocycles. The SMILES string of the molecule is O=[N+]([O-])c1ccc(COCc2ccc([N+](=O)[O-])cc2OCCBr)c(OCCBr)c1. The van der Waals surface area contributed by atoms with Crippen LogP contribution >= 0.6 is 31.9 Å². The minimum atomic E-state index is -0.490. The van der Waals surface area contributed by atoms with E-state index in [0.717, 1.165) is 0 Å². The van der Waals surface area contributed by atoms with Crippen LogP contribution in [0.5, 0.6) is 11.5 Å². The van der Waals surface area contributed by atoms with E-state index in [2.05, 4.69) is 31.9 Å². The molecular formula is C18H18Br2N2O7. The zero-order valence-corrected chi connectivity index (χ0v) is 18.4. The van der Waals surface area contributed by atoms with Gasteiger partial charge in [-0.05, 0) is 12.1 Å². The van der Waals surface area contributed by atoms with Crippen molar-refractivity contribution in [3.05, 3.63) is 67.8 Å². The molecule has 9 nitrogen and oxygen atoms in total. The second-order valence-electron chi connectivity index (χ2n) is 5.67. The summed E-state index contributed by atoms with van der Waals surface area (Å²) in [6.07, 6.45) is 0. The Morgan fingerprint density at radius 1 is 0.759 bits per heavy atom. The average molecular weight is 534 g/mol. The summed E-state index contributed by atoms with van der Waals surface area (Å²) in [7, 11) is 0. The van der Waals surface area contributed by atoms with Gasteiger partial charge in [-0.1, -0.05) is 31.9 Å². The van der Waals surface area contributed by atoms with E-state index in [-0.39, 0.29) is 24.6 Å². The Bertz CT molecular complexity index is 795. The van der Waals surface area contributed by atoms with Crippen LogP contribution in [-0.4, -0.2) is 33.7 Å². The van der Waals surface area contributed by atoms with Gasteiger partial charge in [0.15, 0.2) is 0 Å². The third-order valence-corrected chi connectivity index (χ3v) is 4.36. The minimum Gasteiger partial charge on any atom is -0.492 e. The summed E-state index contributed by atoms with van der Waals surface area (Å²) in [5.74, 6) is 0.747. The fourth-order valence-corrected chi connectivity index (χ4v) is 2.71. The van der Waals surface area contributed by atoms with Crippen LogP contribution < -0.4 is 9.47 Å². The number of rotatable bonds is 12. The molecule has 0 N–H and O–H groups in total. The average Bonchev–Trinajstić information content (AvgIpc) is 2.71. The Morgan fingerprint density at radius 2 is 1.17 bits per heavy atom. The van der Waals surface area contributed by atoms with Crippen LogP contribution in [0.25, 0.3) is 0 Å². The van der Waals surface area contributed by atoms with E-state index in [1.165, 1.54) is 24.3 Å². The standard InChI is InChI=1S/C18H18Br2N2O7/c19-5-7-28-17-9-15(21(23)24)3-1-13(17)11-27-12-14-2-4-16(22(25)26)10-18(14)29-8-6-20/h1-4,9-10H,5-8,11-12H2. The lowest BCUT2D eigenvalue weighted by atomic mass is 10.1. The molecule has 0 heterocycles. The van der Waals surface area contributed by atoms with Crippen LogP contribution in [-0.2, 0) is 18.0 Å². The first-order valence-corrected chi connectivity index (χ1v) is 10.7. The van der Waals surface area contributed by atoms with Crippen LogP contribution in [0.4, 0.5) is 11.4 Å². The maximum atomic E-state index is 11.0. The van der Waals surface area contributed by atoms with E-state index in [1.807, 2.05) is 0 Å². The lowest BCUT2D eigenvalue weighted by molar-refractivity contribution is -0.385. The van der Waals surface area contributed by atoms with E-state index in [9.17, 15) is 20.2 Å². The molecule has 0 saturated heterocycles. The van der Waals surface area contributed by atoms with Crippen LogP contribution in [0, 0.1) is 20.2 Å².